The maximum Gasteiger partial charge on any atom is 0.253 e. The Balaban J connectivity index is 1.22. The molecular weight excluding hydrogens is 560 g/mol. The molecule has 1 aromatic heterocycles. The third-order valence-electron chi connectivity index (χ3n) is 9.17. The molecule has 1 aliphatic carbocycles. The largest absolute Gasteiger partial charge is 0.350 e. The van der Waals surface area contributed by atoms with Gasteiger partial charge >= 0.3 is 0 Å². The van der Waals surface area contributed by atoms with E-state index in [0.29, 0.717) is 18.4 Å². The summed E-state index contributed by atoms with van der Waals surface area (Å²) >= 11 is 0. The number of likely N-dealkylation sites (N-methyl/N-ethyl adjacent to an activating group) is 1. The molecule has 45 heavy (non-hydrogen) atoms. The van der Waals surface area contributed by atoms with Crippen LogP contribution in [0.4, 0.5) is 0 Å². The van der Waals surface area contributed by atoms with Crippen LogP contribution in [0.5, 0.6) is 0 Å². The van der Waals surface area contributed by atoms with Crippen molar-refractivity contribution in [3.05, 3.63) is 120 Å². The van der Waals surface area contributed by atoms with Gasteiger partial charge in [-0.1, -0.05) is 104 Å². The van der Waals surface area contributed by atoms with Gasteiger partial charge in [0.15, 0.2) is 0 Å². The lowest BCUT2D eigenvalue weighted by Crippen LogP contribution is -2.55. The number of nitrogens with zero attached hydrogens (tertiary/aromatic N) is 2. The Morgan fingerprint density at radius 1 is 0.844 bits per heavy atom. The van der Waals surface area contributed by atoms with Crippen molar-refractivity contribution < 1.29 is 14.4 Å². The van der Waals surface area contributed by atoms with Crippen molar-refractivity contribution in [1.82, 2.24) is 20.1 Å². The van der Waals surface area contributed by atoms with Gasteiger partial charge in [0.2, 0.25) is 11.8 Å². The molecule has 1 heterocycles. The van der Waals surface area contributed by atoms with Gasteiger partial charge in [0.25, 0.3) is 5.91 Å². The SMILES string of the molecule is CN(C(=O)Cc1ccccc1)[C@@H](Cc1ccc2ccccc2c1)NC(=O)[C@H]1CCCC[C@H]1NC(=O)c1cn(C)c2ccccc12. The minimum atomic E-state index is -0.550. The summed E-state index contributed by atoms with van der Waals surface area (Å²) in [6.07, 6.45) is 5.28. The van der Waals surface area contributed by atoms with Gasteiger partial charge in [-0.15, -0.1) is 0 Å². The summed E-state index contributed by atoms with van der Waals surface area (Å²) in [6.45, 7) is 0. The van der Waals surface area contributed by atoms with Crippen molar-refractivity contribution in [2.75, 3.05) is 7.05 Å². The first-order valence-corrected chi connectivity index (χ1v) is 15.8. The molecule has 2 N–H and O–H groups in total. The van der Waals surface area contributed by atoms with Crippen molar-refractivity contribution >= 4 is 39.4 Å². The standard InChI is InChI=1S/C38H40N4O3/c1-41-25-32(30-16-9-11-19-34(30)41)38(45)39-33-18-10-8-17-31(33)37(44)40-35(42(2)36(43)24-26-12-4-3-5-13-26)23-27-20-21-28-14-6-7-15-29(28)22-27/h3-7,9,11-16,19-22,25,31,33,35H,8,10,17-18,23-24H2,1-2H3,(H,39,45)(H,40,44)/t31-,33+,35-/m0/s1. The van der Waals surface area contributed by atoms with Crippen LogP contribution in [0.25, 0.3) is 21.7 Å². The zero-order chi connectivity index (χ0) is 31.3. The van der Waals surface area contributed by atoms with Gasteiger partial charge < -0.3 is 20.1 Å². The first-order valence-electron chi connectivity index (χ1n) is 15.8. The van der Waals surface area contributed by atoms with E-state index in [2.05, 4.69) is 41.0 Å². The number of carbonyl (C=O) groups excluding carboxylic acids is 3. The fourth-order valence-corrected chi connectivity index (χ4v) is 6.60. The van der Waals surface area contributed by atoms with Gasteiger partial charge in [0, 0.05) is 43.7 Å². The molecular formula is C38H40N4O3. The van der Waals surface area contributed by atoms with Crippen LogP contribution < -0.4 is 10.6 Å². The highest BCUT2D eigenvalue weighted by atomic mass is 16.2. The van der Waals surface area contributed by atoms with Crippen LogP contribution in [-0.4, -0.2) is 46.4 Å². The number of aromatic nitrogens is 1. The second-order valence-corrected chi connectivity index (χ2v) is 12.2. The van der Waals surface area contributed by atoms with E-state index < -0.39 is 12.1 Å². The highest BCUT2D eigenvalue weighted by molar-refractivity contribution is 6.07. The smallest absolute Gasteiger partial charge is 0.253 e. The number of amides is 3. The number of rotatable bonds is 9. The second-order valence-electron chi connectivity index (χ2n) is 12.2. The number of benzene rings is 4. The molecule has 0 saturated heterocycles. The summed E-state index contributed by atoms with van der Waals surface area (Å²) in [5.41, 5.74) is 3.55. The van der Waals surface area contributed by atoms with E-state index in [1.54, 1.807) is 11.9 Å². The Labute approximate surface area is 264 Å². The van der Waals surface area contributed by atoms with Crippen LogP contribution in [0.2, 0.25) is 0 Å². The normalized spacial score (nSPS) is 17.1. The van der Waals surface area contributed by atoms with Gasteiger partial charge in [-0.3, -0.25) is 14.4 Å². The maximum atomic E-state index is 14.0. The van der Waals surface area contributed by atoms with Crippen molar-refractivity contribution in [2.45, 2.75) is 50.7 Å². The molecule has 3 amide bonds. The number of hydrogen-bond acceptors (Lipinski definition) is 3. The quantitative estimate of drug-likeness (QED) is 0.204. The molecule has 6 rings (SSSR count). The van der Waals surface area contributed by atoms with E-state index in [1.807, 2.05) is 84.5 Å². The zero-order valence-corrected chi connectivity index (χ0v) is 25.9. The third kappa shape index (κ3) is 6.78. The summed E-state index contributed by atoms with van der Waals surface area (Å²) in [5, 5.41) is 9.59. The first kappa shape index (κ1) is 30.1. The Morgan fingerprint density at radius 3 is 2.38 bits per heavy atom. The molecule has 1 saturated carbocycles. The first-order chi connectivity index (χ1) is 21.9. The lowest BCUT2D eigenvalue weighted by atomic mass is 9.83. The van der Waals surface area contributed by atoms with E-state index >= 15 is 0 Å². The number of para-hydroxylation sites is 1. The van der Waals surface area contributed by atoms with Crippen LogP contribution in [0.15, 0.2) is 103 Å². The molecule has 0 aliphatic heterocycles. The molecule has 4 aromatic carbocycles. The fourth-order valence-electron chi connectivity index (χ4n) is 6.60. The number of carbonyl (C=O) groups is 3. The number of nitrogens with one attached hydrogen (secondary N) is 2. The molecule has 0 spiro atoms. The molecule has 230 valence electrons. The van der Waals surface area contributed by atoms with Crippen molar-refractivity contribution in [1.29, 1.82) is 0 Å². The second kappa shape index (κ2) is 13.4. The third-order valence-corrected chi connectivity index (χ3v) is 9.17. The highest BCUT2D eigenvalue weighted by Crippen LogP contribution is 2.27. The summed E-state index contributed by atoms with van der Waals surface area (Å²) in [7, 11) is 3.69. The van der Waals surface area contributed by atoms with Crippen LogP contribution >= 0.6 is 0 Å². The monoisotopic (exact) mass is 600 g/mol. The van der Waals surface area contributed by atoms with E-state index in [1.165, 1.54) is 0 Å². The van der Waals surface area contributed by atoms with Crippen molar-refractivity contribution in [3.8, 4) is 0 Å². The average molecular weight is 601 g/mol. The van der Waals surface area contributed by atoms with Crippen molar-refractivity contribution in [3.63, 3.8) is 0 Å². The van der Waals surface area contributed by atoms with Crippen LogP contribution in [-0.2, 0) is 29.5 Å². The van der Waals surface area contributed by atoms with Crippen LogP contribution in [0.3, 0.4) is 0 Å². The summed E-state index contributed by atoms with van der Waals surface area (Å²) < 4.78 is 1.95. The Hall–Kier alpha value is -4.91. The average Bonchev–Trinajstić information content (AvgIpc) is 3.41. The maximum absolute atomic E-state index is 14.0. The number of aryl methyl sites for hydroxylation is 1. The molecule has 7 heteroatoms. The lowest BCUT2D eigenvalue weighted by Gasteiger charge is -2.35. The molecule has 1 aliphatic rings. The van der Waals surface area contributed by atoms with E-state index in [9.17, 15) is 14.4 Å². The van der Waals surface area contributed by atoms with Crippen molar-refractivity contribution in [2.24, 2.45) is 13.0 Å². The van der Waals surface area contributed by atoms with Gasteiger partial charge in [0.05, 0.1) is 17.9 Å². The Bertz CT molecular complexity index is 1830. The van der Waals surface area contributed by atoms with Gasteiger partial charge in [-0.25, -0.2) is 0 Å². The fraction of sp³-hybridized carbons (Fsp3) is 0.289. The van der Waals surface area contributed by atoms with Crippen LogP contribution in [0.1, 0.15) is 47.2 Å². The topological polar surface area (TPSA) is 83.4 Å². The summed E-state index contributed by atoms with van der Waals surface area (Å²) in [4.78, 5) is 42.7. The summed E-state index contributed by atoms with van der Waals surface area (Å²) in [5.74, 6) is -0.770. The number of hydrogen-bond donors (Lipinski definition) is 2. The van der Waals surface area contributed by atoms with Crippen LogP contribution in [0, 0.1) is 5.92 Å². The molecule has 0 bridgehead atoms. The summed E-state index contributed by atoms with van der Waals surface area (Å²) in [6, 6.07) is 31.6. The van der Waals surface area contributed by atoms with Gasteiger partial charge in [0.1, 0.15) is 6.17 Å². The zero-order valence-electron chi connectivity index (χ0n) is 25.9. The number of fused-ring (bicyclic) bond motifs is 2. The molecule has 7 nitrogen and oxygen atoms in total. The predicted octanol–water partition coefficient (Wildman–Crippen LogP) is 6.01. The Kier molecular flexibility index (Phi) is 8.96. The van der Waals surface area contributed by atoms with Gasteiger partial charge in [-0.2, -0.15) is 0 Å². The molecule has 0 unspecified atom stereocenters. The van der Waals surface area contributed by atoms with E-state index in [-0.39, 0.29) is 30.2 Å². The van der Waals surface area contributed by atoms with E-state index in [0.717, 1.165) is 52.1 Å². The minimum Gasteiger partial charge on any atom is -0.350 e. The highest BCUT2D eigenvalue weighted by Gasteiger charge is 2.35. The molecule has 3 atom stereocenters. The lowest BCUT2D eigenvalue weighted by molar-refractivity contribution is -0.135. The van der Waals surface area contributed by atoms with Gasteiger partial charge in [-0.05, 0) is 40.8 Å². The molecule has 5 aromatic rings. The molecule has 1 fully saturated rings. The van der Waals surface area contributed by atoms with E-state index in [4.69, 9.17) is 0 Å². The predicted molar refractivity (Wildman–Crippen MR) is 179 cm³/mol. The molecule has 0 radical (unpaired) electrons. The minimum absolute atomic E-state index is 0.0725. The Morgan fingerprint density at radius 2 is 1.56 bits per heavy atom.